The first-order valence-electron chi connectivity index (χ1n) is 6.50. The molecule has 19 heavy (non-hydrogen) atoms. The van der Waals surface area contributed by atoms with Crippen molar-refractivity contribution >= 4 is 22.1 Å². The van der Waals surface area contributed by atoms with Gasteiger partial charge in [0.1, 0.15) is 0 Å². The second-order valence-corrected chi connectivity index (χ2v) is 5.73. The van der Waals surface area contributed by atoms with Crippen LogP contribution in [0.15, 0.2) is 53.9 Å². The second kappa shape index (κ2) is 5.16. The van der Waals surface area contributed by atoms with Crippen molar-refractivity contribution in [3.05, 3.63) is 69.9 Å². The highest BCUT2D eigenvalue weighted by molar-refractivity contribution is 7.10. The maximum absolute atomic E-state index is 3.46. The highest BCUT2D eigenvalue weighted by Gasteiger charge is 2.17. The van der Waals surface area contributed by atoms with E-state index in [1.54, 1.807) is 11.3 Å². The molecule has 0 fully saturated rings. The molecule has 0 saturated carbocycles. The number of hydrogen-bond donors (Lipinski definition) is 1. The fourth-order valence-corrected chi connectivity index (χ4v) is 3.52. The van der Waals surface area contributed by atoms with Crippen LogP contribution >= 0.6 is 11.3 Å². The molecule has 0 aliphatic heterocycles. The molecular weight excluding hydrogens is 250 g/mol. The lowest BCUT2D eigenvalue weighted by Crippen LogP contribution is -2.18. The number of hydrogen-bond acceptors (Lipinski definition) is 2. The Morgan fingerprint density at radius 3 is 2.58 bits per heavy atom. The standard InChI is InChI=1S/C17H17NS/c1-12-9-10-13-6-3-4-7-14(13)16(12)17(18-2)15-8-5-11-19-15/h3-11,17-18H,1-2H3. The molecule has 0 amide bonds. The van der Waals surface area contributed by atoms with Gasteiger partial charge in [0.2, 0.25) is 0 Å². The minimum Gasteiger partial charge on any atom is -0.309 e. The summed E-state index contributed by atoms with van der Waals surface area (Å²) in [6.07, 6.45) is 0. The zero-order chi connectivity index (χ0) is 13.2. The first-order chi connectivity index (χ1) is 9.31. The van der Waals surface area contributed by atoms with E-state index >= 15 is 0 Å². The third-order valence-corrected chi connectivity index (χ3v) is 4.53. The van der Waals surface area contributed by atoms with Gasteiger partial charge < -0.3 is 5.32 Å². The molecule has 1 heterocycles. The van der Waals surface area contributed by atoms with Crippen molar-refractivity contribution in [2.24, 2.45) is 0 Å². The quantitative estimate of drug-likeness (QED) is 0.735. The van der Waals surface area contributed by atoms with Crippen LogP contribution in [-0.2, 0) is 0 Å². The minimum absolute atomic E-state index is 0.270. The molecule has 1 unspecified atom stereocenters. The second-order valence-electron chi connectivity index (χ2n) is 4.75. The molecule has 3 aromatic rings. The summed E-state index contributed by atoms with van der Waals surface area (Å²) in [6, 6.07) is 17.6. The molecule has 1 N–H and O–H groups in total. The fourth-order valence-electron chi connectivity index (χ4n) is 2.67. The Balaban J connectivity index is 2.25. The lowest BCUT2D eigenvalue weighted by atomic mass is 9.93. The Morgan fingerprint density at radius 1 is 1.00 bits per heavy atom. The van der Waals surface area contributed by atoms with Crippen LogP contribution in [-0.4, -0.2) is 7.05 Å². The first kappa shape index (κ1) is 12.4. The molecule has 0 aliphatic rings. The number of fused-ring (bicyclic) bond motifs is 1. The van der Waals surface area contributed by atoms with E-state index in [0.29, 0.717) is 0 Å². The van der Waals surface area contributed by atoms with Crippen molar-refractivity contribution in [1.29, 1.82) is 0 Å². The van der Waals surface area contributed by atoms with Gasteiger partial charge in [0.15, 0.2) is 0 Å². The van der Waals surface area contributed by atoms with Crippen LogP contribution in [0.1, 0.15) is 22.0 Å². The van der Waals surface area contributed by atoms with Gasteiger partial charge in [-0.05, 0) is 47.3 Å². The summed E-state index contributed by atoms with van der Waals surface area (Å²) in [4.78, 5) is 1.36. The summed E-state index contributed by atoms with van der Waals surface area (Å²) in [5.41, 5.74) is 2.73. The van der Waals surface area contributed by atoms with Crippen LogP contribution in [0, 0.1) is 6.92 Å². The highest BCUT2D eigenvalue weighted by atomic mass is 32.1. The zero-order valence-electron chi connectivity index (χ0n) is 11.2. The molecule has 1 aromatic heterocycles. The van der Waals surface area contributed by atoms with Gasteiger partial charge in [-0.1, -0.05) is 42.5 Å². The van der Waals surface area contributed by atoms with Crippen molar-refractivity contribution in [2.75, 3.05) is 7.05 Å². The van der Waals surface area contributed by atoms with E-state index in [2.05, 4.69) is 66.2 Å². The highest BCUT2D eigenvalue weighted by Crippen LogP contribution is 2.33. The summed E-state index contributed by atoms with van der Waals surface area (Å²) in [6.45, 7) is 2.19. The number of benzene rings is 2. The topological polar surface area (TPSA) is 12.0 Å². The van der Waals surface area contributed by atoms with E-state index in [0.717, 1.165) is 0 Å². The molecule has 2 heteroatoms. The number of nitrogens with one attached hydrogen (secondary N) is 1. The summed E-state index contributed by atoms with van der Waals surface area (Å²) >= 11 is 1.81. The van der Waals surface area contributed by atoms with Gasteiger partial charge in [0.05, 0.1) is 6.04 Å². The molecule has 2 aromatic carbocycles. The van der Waals surface area contributed by atoms with Gasteiger partial charge in [0, 0.05) is 4.88 Å². The Labute approximate surface area is 117 Å². The third kappa shape index (κ3) is 2.18. The Morgan fingerprint density at radius 2 is 1.84 bits per heavy atom. The number of thiophene rings is 1. The SMILES string of the molecule is CNC(c1cccs1)c1c(C)ccc2ccccc12. The predicted octanol–water partition coefficient (Wildman–Crippen LogP) is 4.52. The molecule has 96 valence electrons. The van der Waals surface area contributed by atoms with E-state index in [-0.39, 0.29) is 6.04 Å². The minimum atomic E-state index is 0.270. The average molecular weight is 267 g/mol. The Kier molecular flexibility index (Phi) is 3.36. The summed E-state index contributed by atoms with van der Waals surface area (Å²) in [5.74, 6) is 0. The largest absolute Gasteiger partial charge is 0.309 e. The molecule has 0 bridgehead atoms. The predicted molar refractivity (Wildman–Crippen MR) is 83.9 cm³/mol. The molecule has 3 rings (SSSR count). The summed E-state index contributed by atoms with van der Waals surface area (Å²) in [7, 11) is 2.03. The van der Waals surface area contributed by atoms with Crippen molar-refractivity contribution < 1.29 is 0 Å². The van der Waals surface area contributed by atoms with Gasteiger partial charge in [-0.2, -0.15) is 0 Å². The normalized spacial score (nSPS) is 12.7. The van der Waals surface area contributed by atoms with Crippen LogP contribution in [0.4, 0.5) is 0 Å². The van der Waals surface area contributed by atoms with Crippen LogP contribution in [0.3, 0.4) is 0 Å². The van der Waals surface area contributed by atoms with Gasteiger partial charge in [-0.3, -0.25) is 0 Å². The molecular formula is C17H17NS. The maximum atomic E-state index is 3.46. The lowest BCUT2D eigenvalue weighted by Gasteiger charge is -2.20. The average Bonchev–Trinajstić information content (AvgIpc) is 2.96. The van der Waals surface area contributed by atoms with E-state index in [9.17, 15) is 0 Å². The maximum Gasteiger partial charge on any atom is 0.0677 e. The third-order valence-electron chi connectivity index (χ3n) is 3.59. The van der Waals surface area contributed by atoms with Crippen LogP contribution in [0.2, 0.25) is 0 Å². The van der Waals surface area contributed by atoms with Crippen LogP contribution in [0.25, 0.3) is 10.8 Å². The van der Waals surface area contributed by atoms with E-state index in [1.165, 1.54) is 26.8 Å². The van der Waals surface area contributed by atoms with Gasteiger partial charge in [0.25, 0.3) is 0 Å². The van der Waals surface area contributed by atoms with E-state index in [1.807, 2.05) is 7.05 Å². The van der Waals surface area contributed by atoms with E-state index in [4.69, 9.17) is 0 Å². The van der Waals surface area contributed by atoms with Crippen molar-refractivity contribution in [2.45, 2.75) is 13.0 Å². The summed E-state index contributed by atoms with van der Waals surface area (Å²) in [5, 5.41) is 8.25. The van der Waals surface area contributed by atoms with Gasteiger partial charge in [-0.15, -0.1) is 11.3 Å². The van der Waals surface area contributed by atoms with Crippen LogP contribution < -0.4 is 5.32 Å². The molecule has 1 atom stereocenters. The van der Waals surface area contributed by atoms with Gasteiger partial charge >= 0.3 is 0 Å². The van der Waals surface area contributed by atoms with Gasteiger partial charge in [-0.25, -0.2) is 0 Å². The van der Waals surface area contributed by atoms with Crippen molar-refractivity contribution in [3.63, 3.8) is 0 Å². The number of aryl methyl sites for hydroxylation is 1. The van der Waals surface area contributed by atoms with Crippen molar-refractivity contribution in [1.82, 2.24) is 5.32 Å². The smallest absolute Gasteiger partial charge is 0.0677 e. The fraction of sp³-hybridized carbons (Fsp3) is 0.176. The zero-order valence-corrected chi connectivity index (χ0v) is 12.0. The molecule has 0 spiro atoms. The van der Waals surface area contributed by atoms with Crippen molar-refractivity contribution in [3.8, 4) is 0 Å². The number of rotatable bonds is 3. The van der Waals surface area contributed by atoms with Crippen LogP contribution in [0.5, 0.6) is 0 Å². The summed E-state index contributed by atoms with van der Waals surface area (Å²) < 4.78 is 0. The monoisotopic (exact) mass is 267 g/mol. The van der Waals surface area contributed by atoms with E-state index < -0.39 is 0 Å². The lowest BCUT2D eigenvalue weighted by molar-refractivity contribution is 0.705. The molecule has 0 radical (unpaired) electrons. The molecule has 1 nitrogen and oxygen atoms in total. The Hall–Kier alpha value is -1.64. The first-order valence-corrected chi connectivity index (χ1v) is 7.38. The molecule has 0 saturated heterocycles. The Bertz CT molecular complexity index is 686. The molecule has 0 aliphatic carbocycles.